The predicted molar refractivity (Wildman–Crippen MR) is 71.3 cm³/mol. The van der Waals surface area contributed by atoms with Gasteiger partial charge in [-0.05, 0) is 23.3 Å². The Morgan fingerprint density at radius 3 is 2.32 bits per heavy atom. The van der Waals surface area contributed by atoms with E-state index in [1.165, 1.54) is 12.1 Å². The van der Waals surface area contributed by atoms with Gasteiger partial charge in [-0.1, -0.05) is 42.5 Å². The summed E-state index contributed by atoms with van der Waals surface area (Å²) in [6.07, 6.45) is 0. The summed E-state index contributed by atoms with van der Waals surface area (Å²) in [5.74, 6) is -0.388. The molecule has 0 bridgehead atoms. The maximum atomic E-state index is 13.0. The maximum Gasteiger partial charge on any atom is 0.228 e. The first-order chi connectivity index (χ1) is 9.25. The van der Waals surface area contributed by atoms with Crippen LogP contribution in [0.5, 0.6) is 0 Å². The zero-order valence-corrected chi connectivity index (χ0v) is 10.3. The first-order valence-corrected chi connectivity index (χ1v) is 6.34. The van der Waals surface area contributed by atoms with E-state index in [0.29, 0.717) is 6.54 Å². The van der Waals surface area contributed by atoms with Crippen LogP contribution in [0.1, 0.15) is 23.0 Å². The van der Waals surface area contributed by atoms with Crippen molar-refractivity contribution in [3.63, 3.8) is 0 Å². The summed E-state index contributed by atoms with van der Waals surface area (Å²) in [5.41, 5.74) is 2.00. The average molecular weight is 255 g/mol. The van der Waals surface area contributed by atoms with Gasteiger partial charge in [0.15, 0.2) is 0 Å². The minimum absolute atomic E-state index is 0.0143. The Labute approximate surface area is 111 Å². The van der Waals surface area contributed by atoms with E-state index in [2.05, 4.69) is 5.32 Å². The summed E-state index contributed by atoms with van der Waals surface area (Å²) in [6, 6.07) is 16.2. The highest BCUT2D eigenvalue weighted by Crippen LogP contribution is 2.36. The van der Waals surface area contributed by atoms with Crippen LogP contribution in [-0.4, -0.2) is 12.5 Å². The zero-order valence-electron chi connectivity index (χ0n) is 10.3. The summed E-state index contributed by atoms with van der Waals surface area (Å²) in [6.45, 7) is 0.630. The first kappa shape index (κ1) is 11.9. The van der Waals surface area contributed by atoms with Gasteiger partial charge in [0.1, 0.15) is 5.82 Å². The van der Waals surface area contributed by atoms with Gasteiger partial charge in [-0.15, -0.1) is 0 Å². The lowest BCUT2D eigenvalue weighted by atomic mass is 9.84. The van der Waals surface area contributed by atoms with Crippen LogP contribution in [0, 0.1) is 5.82 Å². The van der Waals surface area contributed by atoms with Crippen molar-refractivity contribution in [2.45, 2.75) is 11.8 Å². The summed E-state index contributed by atoms with van der Waals surface area (Å²) < 4.78 is 13.0. The average Bonchev–Trinajstić information content (AvgIpc) is 2.83. The van der Waals surface area contributed by atoms with E-state index in [1.54, 1.807) is 12.1 Å². The third kappa shape index (κ3) is 2.24. The van der Waals surface area contributed by atoms with Crippen LogP contribution in [0.3, 0.4) is 0 Å². The third-order valence-corrected chi connectivity index (χ3v) is 3.64. The van der Waals surface area contributed by atoms with Crippen molar-refractivity contribution in [2.75, 3.05) is 6.54 Å². The van der Waals surface area contributed by atoms with E-state index in [1.807, 2.05) is 30.3 Å². The van der Waals surface area contributed by atoms with E-state index < -0.39 is 0 Å². The number of benzene rings is 2. The SMILES string of the molecule is O=C1NCC(c2ccccc2)C1c1ccc(F)cc1. The number of hydrogen-bond donors (Lipinski definition) is 1. The predicted octanol–water partition coefficient (Wildman–Crippen LogP) is 2.82. The fourth-order valence-electron chi connectivity index (χ4n) is 2.69. The molecule has 1 aliphatic rings. The van der Waals surface area contributed by atoms with Gasteiger partial charge in [0, 0.05) is 12.5 Å². The molecule has 3 rings (SSSR count). The van der Waals surface area contributed by atoms with Crippen LogP contribution >= 0.6 is 0 Å². The molecule has 0 aromatic heterocycles. The molecule has 0 spiro atoms. The molecule has 1 heterocycles. The Balaban J connectivity index is 1.97. The Morgan fingerprint density at radius 2 is 1.63 bits per heavy atom. The van der Waals surface area contributed by atoms with E-state index >= 15 is 0 Å². The van der Waals surface area contributed by atoms with E-state index in [4.69, 9.17) is 0 Å². The van der Waals surface area contributed by atoms with Gasteiger partial charge in [0.05, 0.1) is 5.92 Å². The molecule has 1 amide bonds. The first-order valence-electron chi connectivity index (χ1n) is 6.34. The molecule has 0 aliphatic carbocycles. The van der Waals surface area contributed by atoms with Crippen molar-refractivity contribution in [1.82, 2.24) is 5.32 Å². The van der Waals surface area contributed by atoms with Gasteiger partial charge in [0.2, 0.25) is 5.91 Å². The van der Waals surface area contributed by atoms with Crippen LogP contribution in [0.2, 0.25) is 0 Å². The number of hydrogen-bond acceptors (Lipinski definition) is 1. The van der Waals surface area contributed by atoms with Crippen molar-refractivity contribution in [3.8, 4) is 0 Å². The molecule has 1 aliphatic heterocycles. The van der Waals surface area contributed by atoms with Crippen LogP contribution in [0.4, 0.5) is 4.39 Å². The monoisotopic (exact) mass is 255 g/mol. The molecule has 19 heavy (non-hydrogen) atoms. The Kier molecular flexibility index (Phi) is 3.03. The highest BCUT2D eigenvalue weighted by Gasteiger charge is 2.36. The van der Waals surface area contributed by atoms with Crippen molar-refractivity contribution in [2.24, 2.45) is 0 Å². The quantitative estimate of drug-likeness (QED) is 0.878. The minimum Gasteiger partial charge on any atom is -0.355 e. The Hall–Kier alpha value is -2.16. The Bertz CT molecular complexity index is 579. The number of halogens is 1. The standard InChI is InChI=1S/C16H14FNO/c17-13-8-6-12(7-9-13)15-14(10-18-16(15)19)11-4-2-1-3-5-11/h1-9,14-15H,10H2,(H,18,19). The van der Waals surface area contributed by atoms with Crippen molar-refractivity contribution < 1.29 is 9.18 Å². The molecular formula is C16H14FNO. The van der Waals surface area contributed by atoms with Crippen LogP contribution in [0.15, 0.2) is 54.6 Å². The summed E-state index contributed by atoms with van der Waals surface area (Å²) in [4.78, 5) is 12.0. The lowest BCUT2D eigenvalue weighted by Crippen LogP contribution is -2.18. The molecule has 3 heteroatoms. The van der Waals surface area contributed by atoms with Gasteiger partial charge in [-0.2, -0.15) is 0 Å². The normalized spacial score (nSPS) is 22.3. The molecule has 0 radical (unpaired) electrons. The lowest BCUT2D eigenvalue weighted by Gasteiger charge is -2.17. The molecule has 0 saturated carbocycles. The second-order valence-corrected chi connectivity index (χ2v) is 4.79. The minimum atomic E-state index is -0.279. The second kappa shape index (κ2) is 4.84. The number of amides is 1. The van der Waals surface area contributed by atoms with Crippen molar-refractivity contribution in [3.05, 3.63) is 71.5 Å². The molecular weight excluding hydrogens is 241 g/mol. The zero-order chi connectivity index (χ0) is 13.2. The second-order valence-electron chi connectivity index (χ2n) is 4.79. The Morgan fingerprint density at radius 1 is 0.947 bits per heavy atom. The molecule has 1 fully saturated rings. The molecule has 2 aromatic carbocycles. The molecule has 2 unspecified atom stereocenters. The third-order valence-electron chi connectivity index (χ3n) is 3.64. The molecule has 1 saturated heterocycles. The highest BCUT2D eigenvalue weighted by molar-refractivity contribution is 5.87. The number of carbonyl (C=O) groups excluding carboxylic acids is 1. The van der Waals surface area contributed by atoms with E-state index in [9.17, 15) is 9.18 Å². The maximum absolute atomic E-state index is 13.0. The molecule has 2 atom stereocenters. The van der Waals surface area contributed by atoms with Crippen LogP contribution in [-0.2, 0) is 4.79 Å². The number of carbonyl (C=O) groups is 1. The van der Waals surface area contributed by atoms with Crippen molar-refractivity contribution in [1.29, 1.82) is 0 Å². The lowest BCUT2D eigenvalue weighted by molar-refractivity contribution is -0.120. The van der Waals surface area contributed by atoms with Gasteiger partial charge < -0.3 is 5.32 Å². The topological polar surface area (TPSA) is 29.1 Å². The fraction of sp³-hybridized carbons (Fsp3) is 0.188. The van der Waals surface area contributed by atoms with Gasteiger partial charge >= 0.3 is 0 Å². The number of nitrogens with one attached hydrogen (secondary N) is 1. The van der Waals surface area contributed by atoms with Crippen LogP contribution < -0.4 is 5.32 Å². The molecule has 1 N–H and O–H groups in total. The highest BCUT2D eigenvalue weighted by atomic mass is 19.1. The van der Waals surface area contributed by atoms with Crippen molar-refractivity contribution >= 4 is 5.91 Å². The van der Waals surface area contributed by atoms with E-state index in [-0.39, 0.29) is 23.6 Å². The van der Waals surface area contributed by atoms with Gasteiger partial charge in [-0.25, -0.2) is 4.39 Å². The fourth-order valence-corrected chi connectivity index (χ4v) is 2.69. The summed E-state index contributed by atoms with van der Waals surface area (Å²) >= 11 is 0. The molecule has 96 valence electrons. The van der Waals surface area contributed by atoms with Gasteiger partial charge in [0.25, 0.3) is 0 Å². The van der Waals surface area contributed by atoms with E-state index in [0.717, 1.165) is 11.1 Å². The largest absolute Gasteiger partial charge is 0.355 e. The van der Waals surface area contributed by atoms with Gasteiger partial charge in [-0.3, -0.25) is 4.79 Å². The number of rotatable bonds is 2. The molecule has 2 aromatic rings. The molecule has 2 nitrogen and oxygen atoms in total. The summed E-state index contributed by atoms with van der Waals surface area (Å²) in [7, 11) is 0. The summed E-state index contributed by atoms with van der Waals surface area (Å²) in [5, 5.41) is 2.90. The smallest absolute Gasteiger partial charge is 0.228 e. The van der Waals surface area contributed by atoms with Crippen LogP contribution in [0.25, 0.3) is 0 Å².